The van der Waals surface area contributed by atoms with E-state index in [9.17, 15) is 17.6 Å². The third-order valence-electron chi connectivity index (χ3n) is 1.61. The Morgan fingerprint density at radius 1 is 1.39 bits per heavy atom. The summed E-state index contributed by atoms with van der Waals surface area (Å²) < 4.78 is 52.3. The van der Waals surface area contributed by atoms with Gasteiger partial charge >= 0.3 is 6.36 Å². The van der Waals surface area contributed by atoms with Crippen LogP contribution in [-0.2, 0) is 0 Å². The summed E-state index contributed by atoms with van der Waals surface area (Å²) in [6.45, 7) is -0.156. The lowest BCUT2D eigenvalue weighted by Crippen LogP contribution is -2.17. The van der Waals surface area contributed by atoms with E-state index < -0.39 is 17.9 Å². The molecule has 1 aromatic rings. The van der Waals surface area contributed by atoms with E-state index >= 15 is 0 Å². The number of benzene rings is 1. The molecule has 0 fully saturated rings. The van der Waals surface area contributed by atoms with E-state index in [1.54, 1.807) is 0 Å². The van der Waals surface area contributed by atoms with Crippen LogP contribution < -0.4 is 4.74 Å². The van der Waals surface area contributed by atoms with E-state index in [1.165, 1.54) is 0 Å². The highest BCUT2D eigenvalue weighted by atomic mass is 19.4. The molecule has 0 N–H and O–H groups in total. The molecule has 0 aromatic heterocycles. The molecule has 0 spiro atoms. The van der Waals surface area contributed by atoms with Crippen LogP contribution in [0, 0.1) is 17.7 Å². The first-order valence-corrected chi connectivity index (χ1v) is 4.47. The summed E-state index contributed by atoms with van der Waals surface area (Å²) in [5, 5.41) is 3.09. The summed E-state index contributed by atoms with van der Waals surface area (Å²) in [7, 11) is 0. The van der Waals surface area contributed by atoms with Crippen LogP contribution in [0.4, 0.5) is 17.6 Å². The first kappa shape index (κ1) is 13.7. The van der Waals surface area contributed by atoms with Gasteiger partial charge in [0.25, 0.3) is 0 Å². The van der Waals surface area contributed by atoms with E-state index in [0.29, 0.717) is 6.07 Å². The smallest absolute Gasteiger partial charge is 0.406 e. The van der Waals surface area contributed by atoms with Crippen LogP contribution in [0.25, 0.3) is 10.4 Å². The molecule has 0 aliphatic rings. The van der Waals surface area contributed by atoms with Crippen LogP contribution in [0.2, 0.25) is 0 Å². The second-order valence-electron chi connectivity index (χ2n) is 2.88. The third-order valence-corrected chi connectivity index (χ3v) is 1.61. The third kappa shape index (κ3) is 4.63. The molecule has 1 aromatic carbocycles. The topological polar surface area (TPSA) is 58.0 Å². The lowest BCUT2D eigenvalue weighted by molar-refractivity contribution is -0.274. The summed E-state index contributed by atoms with van der Waals surface area (Å²) in [6, 6.07) is 2.55. The van der Waals surface area contributed by atoms with Crippen LogP contribution in [0.3, 0.4) is 0 Å². The maximum absolute atomic E-state index is 13.3. The highest BCUT2D eigenvalue weighted by molar-refractivity contribution is 5.39. The van der Waals surface area contributed by atoms with Gasteiger partial charge in [-0.15, -0.1) is 13.2 Å². The zero-order valence-corrected chi connectivity index (χ0v) is 8.70. The van der Waals surface area contributed by atoms with Crippen LogP contribution in [-0.4, -0.2) is 12.9 Å². The fourth-order valence-corrected chi connectivity index (χ4v) is 0.996. The van der Waals surface area contributed by atoms with Crippen molar-refractivity contribution >= 4 is 0 Å². The fraction of sp³-hybridized carbons (Fsp3) is 0.200. The Balaban J connectivity index is 2.85. The van der Waals surface area contributed by atoms with Gasteiger partial charge < -0.3 is 4.74 Å². The van der Waals surface area contributed by atoms with Gasteiger partial charge in [0.15, 0.2) is 0 Å². The summed E-state index contributed by atoms with van der Waals surface area (Å²) in [5.74, 6) is 3.03. The van der Waals surface area contributed by atoms with Crippen LogP contribution in [0.1, 0.15) is 5.56 Å². The van der Waals surface area contributed by atoms with Gasteiger partial charge in [-0.1, -0.05) is 17.0 Å². The summed E-state index contributed by atoms with van der Waals surface area (Å²) >= 11 is 0. The predicted molar refractivity (Wildman–Crippen MR) is 54.0 cm³/mol. The first-order valence-electron chi connectivity index (χ1n) is 4.47. The van der Waals surface area contributed by atoms with E-state index in [4.69, 9.17) is 5.53 Å². The van der Waals surface area contributed by atoms with Crippen LogP contribution in [0.15, 0.2) is 23.3 Å². The molecule has 0 aliphatic carbocycles. The van der Waals surface area contributed by atoms with E-state index in [0.717, 1.165) is 12.1 Å². The second-order valence-corrected chi connectivity index (χ2v) is 2.88. The van der Waals surface area contributed by atoms with Crippen molar-refractivity contribution in [3.8, 4) is 17.6 Å². The van der Waals surface area contributed by atoms with Crippen molar-refractivity contribution in [3.05, 3.63) is 40.0 Å². The van der Waals surface area contributed by atoms with Gasteiger partial charge in [0.1, 0.15) is 11.6 Å². The van der Waals surface area contributed by atoms with Crippen LogP contribution in [0.5, 0.6) is 5.75 Å². The molecule has 4 nitrogen and oxygen atoms in total. The van der Waals surface area contributed by atoms with Gasteiger partial charge in [-0.25, -0.2) is 4.39 Å². The average molecular weight is 259 g/mol. The monoisotopic (exact) mass is 259 g/mol. The zero-order valence-electron chi connectivity index (χ0n) is 8.70. The van der Waals surface area contributed by atoms with Crippen molar-refractivity contribution in [2.24, 2.45) is 5.11 Å². The molecule has 0 aliphatic heterocycles. The number of ether oxygens (including phenoxy) is 1. The van der Waals surface area contributed by atoms with Crippen molar-refractivity contribution in [1.82, 2.24) is 0 Å². The highest BCUT2D eigenvalue weighted by Gasteiger charge is 2.31. The van der Waals surface area contributed by atoms with Gasteiger partial charge in [0.2, 0.25) is 0 Å². The minimum Gasteiger partial charge on any atom is -0.406 e. The Hall–Kier alpha value is -2.39. The number of hydrogen-bond acceptors (Lipinski definition) is 2. The Kier molecular flexibility index (Phi) is 4.40. The predicted octanol–water partition coefficient (Wildman–Crippen LogP) is 3.39. The first-order chi connectivity index (χ1) is 8.42. The average Bonchev–Trinajstić information content (AvgIpc) is 2.24. The minimum atomic E-state index is -4.87. The van der Waals surface area contributed by atoms with E-state index in [2.05, 4.69) is 26.6 Å². The highest BCUT2D eigenvalue weighted by Crippen LogP contribution is 2.24. The summed E-state index contributed by atoms with van der Waals surface area (Å²) in [5.41, 5.74) is 7.84. The standard InChI is InChI=1S/C10H5F4N3O/c11-9-6-8(18-10(12,13)14)4-3-7(9)2-1-5-16-17-15/h3-4,6H,5H2. The summed E-state index contributed by atoms with van der Waals surface area (Å²) in [6.07, 6.45) is -4.87. The molecule has 18 heavy (non-hydrogen) atoms. The Bertz CT molecular complexity index is 538. The van der Waals surface area contributed by atoms with Gasteiger partial charge in [-0.3, -0.25) is 0 Å². The van der Waals surface area contributed by atoms with Crippen molar-refractivity contribution in [1.29, 1.82) is 0 Å². The Morgan fingerprint density at radius 2 is 2.11 bits per heavy atom. The lowest BCUT2D eigenvalue weighted by atomic mass is 10.2. The molecule has 0 heterocycles. The number of halogens is 4. The number of nitrogens with zero attached hydrogens (tertiary/aromatic N) is 3. The molecule has 0 amide bonds. The molecule has 1 rings (SSSR count). The number of azide groups is 1. The van der Waals surface area contributed by atoms with Crippen molar-refractivity contribution in [3.63, 3.8) is 0 Å². The van der Waals surface area contributed by atoms with Crippen molar-refractivity contribution < 1.29 is 22.3 Å². The SMILES string of the molecule is [N-]=[N+]=NCC#Cc1ccc(OC(F)(F)F)cc1F. The Labute approximate surface area is 98.8 Å². The van der Waals surface area contributed by atoms with E-state index in [1.807, 2.05) is 0 Å². The fourth-order valence-electron chi connectivity index (χ4n) is 0.996. The van der Waals surface area contributed by atoms with Gasteiger partial charge in [0.05, 0.1) is 12.1 Å². The Morgan fingerprint density at radius 3 is 2.67 bits per heavy atom. The molecule has 0 bridgehead atoms. The zero-order chi connectivity index (χ0) is 13.6. The summed E-state index contributed by atoms with van der Waals surface area (Å²) in [4.78, 5) is 2.43. The van der Waals surface area contributed by atoms with Gasteiger partial charge in [0, 0.05) is 11.0 Å². The van der Waals surface area contributed by atoms with Gasteiger partial charge in [-0.2, -0.15) is 0 Å². The molecule has 0 saturated heterocycles. The quantitative estimate of drug-likeness (QED) is 0.264. The number of alkyl halides is 3. The molecule has 0 unspecified atom stereocenters. The molecule has 0 radical (unpaired) electrons. The molecular formula is C10H5F4N3O. The molecular weight excluding hydrogens is 254 g/mol. The van der Waals surface area contributed by atoms with Crippen molar-refractivity contribution in [2.45, 2.75) is 6.36 Å². The van der Waals surface area contributed by atoms with Crippen molar-refractivity contribution in [2.75, 3.05) is 6.54 Å². The largest absolute Gasteiger partial charge is 0.573 e. The van der Waals surface area contributed by atoms with Crippen LogP contribution >= 0.6 is 0 Å². The maximum Gasteiger partial charge on any atom is 0.573 e. The van der Waals surface area contributed by atoms with E-state index in [-0.39, 0.29) is 12.1 Å². The minimum absolute atomic E-state index is 0.113. The molecule has 0 saturated carbocycles. The molecule has 8 heteroatoms. The normalized spacial score (nSPS) is 10.0. The number of hydrogen-bond donors (Lipinski definition) is 0. The second kappa shape index (κ2) is 5.80. The molecule has 0 atom stereocenters. The maximum atomic E-state index is 13.3. The lowest BCUT2D eigenvalue weighted by Gasteiger charge is -2.08. The molecule has 94 valence electrons. The van der Waals surface area contributed by atoms with Gasteiger partial charge in [-0.05, 0) is 17.7 Å². The number of rotatable bonds is 2.